The molecule has 2 aromatic carbocycles. The van der Waals surface area contributed by atoms with Crippen molar-refractivity contribution < 1.29 is 0 Å². The third-order valence-electron chi connectivity index (χ3n) is 2.71. The molecule has 0 saturated carbocycles. The molecule has 0 amide bonds. The summed E-state index contributed by atoms with van der Waals surface area (Å²) in [6, 6.07) is 15.7. The quantitative estimate of drug-likeness (QED) is 0.873. The second kappa shape index (κ2) is 5.54. The van der Waals surface area contributed by atoms with Crippen molar-refractivity contribution in [3.8, 4) is 0 Å². The van der Waals surface area contributed by atoms with Gasteiger partial charge in [0, 0.05) is 10.0 Å². The lowest BCUT2D eigenvalue weighted by molar-refractivity contribution is 0.692. The van der Waals surface area contributed by atoms with Crippen LogP contribution in [0.25, 0.3) is 0 Å². The largest absolute Gasteiger partial charge is 0.309 e. The van der Waals surface area contributed by atoms with Crippen LogP contribution in [-0.2, 0) is 0 Å². The third kappa shape index (κ3) is 2.81. The number of hydrogen-bond donors (Lipinski definition) is 1. The van der Waals surface area contributed by atoms with E-state index in [0.29, 0.717) is 0 Å². The molecule has 0 spiro atoms. The van der Waals surface area contributed by atoms with Crippen LogP contribution in [0, 0.1) is 0 Å². The number of hydrogen-bond acceptors (Lipinski definition) is 1. The van der Waals surface area contributed by atoms with Crippen molar-refractivity contribution in [1.29, 1.82) is 0 Å². The molecule has 88 valence electrons. The Morgan fingerprint density at radius 2 is 1.59 bits per heavy atom. The topological polar surface area (TPSA) is 12.0 Å². The first-order valence-corrected chi connectivity index (χ1v) is 6.15. The van der Waals surface area contributed by atoms with Gasteiger partial charge in [-0.15, -0.1) is 0 Å². The van der Waals surface area contributed by atoms with Crippen LogP contribution in [0.15, 0.2) is 48.5 Å². The van der Waals surface area contributed by atoms with Crippen LogP contribution in [0.3, 0.4) is 0 Å². The third-order valence-corrected chi connectivity index (χ3v) is 3.30. The fraction of sp³-hybridized carbons (Fsp3) is 0.143. The van der Waals surface area contributed by atoms with Gasteiger partial charge in [-0.3, -0.25) is 0 Å². The van der Waals surface area contributed by atoms with Crippen molar-refractivity contribution >= 4 is 23.2 Å². The lowest BCUT2D eigenvalue weighted by Gasteiger charge is -2.18. The van der Waals surface area contributed by atoms with E-state index in [1.807, 2.05) is 55.6 Å². The second-order valence-electron chi connectivity index (χ2n) is 3.79. The zero-order valence-electron chi connectivity index (χ0n) is 9.45. The van der Waals surface area contributed by atoms with Gasteiger partial charge in [-0.1, -0.05) is 53.5 Å². The molecule has 2 aromatic rings. The maximum absolute atomic E-state index is 6.21. The highest BCUT2D eigenvalue weighted by Gasteiger charge is 2.14. The van der Waals surface area contributed by atoms with E-state index < -0.39 is 0 Å². The van der Waals surface area contributed by atoms with Gasteiger partial charge in [-0.05, 0) is 36.4 Å². The van der Waals surface area contributed by atoms with Gasteiger partial charge in [0.05, 0.1) is 6.04 Å². The summed E-state index contributed by atoms with van der Waals surface area (Å²) in [4.78, 5) is 0. The Morgan fingerprint density at radius 3 is 2.18 bits per heavy atom. The molecule has 2 rings (SSSR count). The molecule has 0 aliphatic rings. The van der Waals surface area contributed by atoms with E-state index in [-0.39, 0.29) is 6.04 Å². The van der Waals surface area contributed by atoms with Crippen molar-refractivity contribution in [1.82, 2.24) is 5.32 Å². The molecule has 0 heterocycles. The average Bonchev–Trinajstić information content (AvgIpc) is 2.35. The molecule has 1 unspecified atom stereocenters. The van der Waals surface area contributed by atoms with Gasteiger partial charge in [0.25, 0.3) is 0 Å². The van der Waals surface area contributed by atoms with E-state index in [9.17, 15) is 0 Å². The zero-order valence-corrected chi connectivity index (χ0v) is 11.0. The predicted octanol–water partition coefficient (Wildman–Crippen LogP) is 4.30. The van der Waals surface area contributed by atoms with Crippen LogP contribution in [0.5, 0.6) is 0 Å². The fourth-order valence-corrected chi connectivity index (χ4v) is 2.24. The van der Waals surface area contributed by atoms with Crippen molar-refractivity contribution in [3.63, 3.8) is 0 Å². The van der Waals surface area contributed by atoms with Gasteiger partial charge in [0.2, 0.25) is 0 Å². The van der Waals surface area contributed by atoms with Crippen LogP contribution < -0.4 is 5.32 Å². The molecule has 0 bridgehead atoms. The SMILES string of the molecule is CNC(c1ccc(Cl)cc1)c1ccccc1Cl. The first-order valence-electron chi connectivity index (χ1n) is 5.39. The molecule has 17 heavy (non-hydrogen) atoms. The first-order chi connectivity index (χ1) is 8.22. The highest BCUT2D eigenvalue weighted by molar-refractivity contribution is 6.31. The number of nitrogens with one attached hydrogen (secondary N) is 1. The summed E-state index contributed by atoms with van der Waals surface area (Å²) in [7, 11) is 1.92. The van der Waals surface area contributed by atoms with Crippen LogP contribution >= 0.6 is 23.2 Å². The van der Waals surface area contributed by atoms with Gasteiger partial charge in [-0.25, -0.2) is 0 Å². The van der Waals surface area contributed by atoms with Crippen LogP contribution in [0.4, 0.5) is 0 Å². The van der Waals surface area contributed by atoms with E-state index in [2.05, 4.69) is 5.32 Å². The standard InChI is InChI=1S/C14H13Cl2N/c1-17-14(10-6-8-11(15)9-7-10)12-4-2-3-5-13(12)16/h2-9,14,17H,1H3. The molecule has 1 N–H and O–H groups in total. The Morgan fingerprint density at radius 1 is 0.941 bits per heavy atom. The minimum absolute atomic E-state index is 0.0842. The summed E-state index contributed by atoms with van der Waals surface area (Å²) in [5.74, 6) is 0. The smallest absolute Gasteiger partial charge is 0.0589 e. The molecule has 0 fully saturated rings. The molecule has 0 aromatic heterocycles. The van der Waals surface area contributed by atoms with Crippen LogP contribution in [-0.4, -0.2) is 7.05 Å². The average molecular weight is 266 g/mol. The molecule has 1 nitrogen and oxygen atoms in total. The van der Waals surface area contributed by atoms with Crippen LogP contribution in [0.1, 0.15) is 17.2 Å². The molecule has 0 aliphatic heterocycles. The summed E-state index contributed by atoms with van der Waals surface area (Å²) < 4.78 is 0. The minimum atomic E-state index is 0.0842. The summed E-state index contributed by atoms with van der Waals surface area (Å²) in [6.07, 6.45) is 0. The van der Waals surface area contributed by atoms with Crippen molar-refractivity contribution in [3.05, 3.63) is 69.7 Å². The van der Waals surface area contributed by atoms with Gasteiger partial charge in [0.15, 0.2) is 0 Å². The van der Waals surface area contributed by atoms with E-state index in [0.717, 1.165) is 21.2 Å². The number of rotatable bonds is 3. The molecular formula is C14H13Cl2N. The number of benzene rings is 2. The summed E-state index contributed by atoms with van der Waals surface area (Å²) in [6.45, 7) is 0. The Kier molecular flexibility index (Phi) is 4.06. The highest BCUT2D eigenvalue weighted by atomic mass is 35.5. The van der Waals surface area contributed by atoms with E-state index in [4.69, 9.17) is 23.2 Å². The highest BCUT2D eigenvalue weighted by Crippen LogP contribution is 2.28. The molecule has 1 atom stereocenters. The Hall–Kier alpha value is -1.02. The molecular weight excluding hydrogens is 253 g/mol. The van der Waals surface area contributed by atoms with Crippen LogP contribution in [0.2, 0.25) is 10.0 Å². The normalized spacial score (nSPS) is 12.4. The second-order valence-corrected chi connectivity index (χ2v) is 4.64. The summed E-state index contributed by atoms with van der Waals surface area (Å²) >= 11 is 12.1. The van der Waals surface area contributed by atoms with Gasteiger partial charge < -0.3 is 5.32 Å². The van der Waals surface area contributed by atoms with Gasteiger partial charge >= 0.3 is 0 Å². The Balaban J connectivity index is 2.40. The van der Waals surface area contributed by atoms with Gasteiger partial charge in [0.1, 0.15) is 0 Å². The van der Waals surface area contributed by atoms with Crippen molar-refractivity contribution in [2.75, 3.05) is 7.05 Å². The monoisotopic (exact) mass is 265 g/mol. The van der Waals surface area contributed by atoms with E-state index >= 15 is 0 Å². The lowest BCUT2D eigenvalue weighted by Crippen LogP contribution is -2.17. The first kappa shape index (κ1) is 12.4. The van der Waals surface area contributed by atoms with E-state index in [1.165, 1.54) is 0 Å². The molecule has 3 heteroatoms. The van der Waals surface area contributed by atoms with Gasteiger partial charge in [-0.2, -0.15) is 0 Å². The summed E-state index contributed by atoms with van der Waals surface area (Å²) in [5, 5.41) is 4.77. The maximum atomic E-state index is 6.21. The summed E-state index contributed by atoms with van der Waals surface area (Å²) in [5.41, 5.74) is 2.21. The van der Waals surface area contributed by atoms with Crippen molar-refractivity contribution in [2.45, 2.75) is 6.04 Å². The lowest BCUT2D eigenvalue weighted by atomic mass is 9.99. The molecule has 0 aliphatic carbocycles. The molecule has 0 saturated heterocycles. The zero-order chi connectivity index (χ0) is 12.3. The fourth-order valence-electron chi connectivity index (χ4n) is 1.87. The molecule has 0 radical (unpaired) electrons. The minimum Gasteiger partial charge on any atom is -0.309 e. The Labute approximate surface area is 111 Å². The van der Waals surface area contributed by atoms with E-state index in [1.54, 1.807) is 0 Å². The maximum Gasteiger partial charge on any atom is 0.0589 e. The van der Waals surface area contributed by atoms with Crippen molar-refractivity contribution in [2.24, 2.45) is 0 Å². The Bertz CT molecular complexity index is 494. The predicted molar refractivity (Wildman–Crippen MR) is 73.8 cm³/mol. The number of halogens is 2.